The van der Waals surface area contributed by atoms with Crippen LogP contribution in [-0.2, 0) is 20.7 Å². The van der Waals surface area contributed by atoms with Gasteiger partial charge in [0.1, 0.15) is 23.4 Å². The van der Waals surface area contributed by atoms with E-state index in [-0.39, 0.29) is 30.1 Å². The first-order valence-corrected chi connectivity index (χ1v) is 11.0. The van der Waals surface area contributed by atoms with Crippen LogP contribution in [0.4, 0.5) is 30.9 Å². The molecule has 0 spiro atoms. The van der Waals surface area contributed by atoms with Crippen molar-refractivity contribution in [2.75, 3.05) is 23.0 Å². The van der Waals surface area contributed by atoms with Crippen molar-refractivity contribution in [3.05, 3.63) is 83.4 Å². The Kier molecular flexibility index (Phi) is 10.8. The summed E-state index contributed by atoms with van der Waals surface area (Å²) >= 11 is 0. The van der Waals surface area contributed by atoms with Crippen LogP contribution in [0.2, 0.25) is 0 Å². The molecule has 0 saturated heterocycles. The lowest BCUT2D eigenvalue weighted by Gasteiger charge is -2.17. The Bertz CT molecular complexity index is 1190. The molecule has 1 atom stereocenters. The van der Waals surface area contributed by atoms with Crippen molar-refractivity contribution in [1.29, 1.82) is 0 Å². The number of aromatic nitrogens is 1. The standard InChI is InChI=1S/C22H22F2N4O2.C3H4O4/c1-2-30-22(29)27-18-11-12-20(28-21(18)25)26-19(15-5-9-17(24)10-6-15)13-14-3-7-16(23)8-4-14;4-2(5)1-3(6)7/h3-12,19H,2,13H2,1H3,(H,27,29)(H3,25,26,28);1H2,(H,4,5)(H,6,7). The monoisotopic (exact) mass is 516 g/mol. The van der Waals surface area contributed by atoms with E-state index in [1.54, 1.807) is 43.3 Å². The first-order chi connectivity index (χ1) is 17.6. The third-order valence-electron chi connectivity index (χ3n) is 4.74. The van der Waals surface area contributed by atoms with Crippen LogP contribution >= 0.6 is 0 Å². The number of nitrogens with one attached hydrogen (secondary N) is 3. The van der Waals surface area contributed by atoms with Crippen LogP contribution in [0.3, 0.4) is 0 Å². The quantitative estimate of drug-likeness (QED) is 0.315. The first-order valence-electron chi connectivity index (χ1n) is 11.0. The van der Waals surface area contributed by atoms with E-state index in [1.165, 1.54) is 24.3 Å². The van der Waals surface area contributed by atoms with Gasteiger partial charge >= 0.3 is 12.1 Å². The number of amides is 1. The highest BCUT2D eigenvalue weighted by molar-refractivity contribution is 5.88. The van der Waals surface area contributed by atoms with Gasteiger partial charge in [0.15, 0.2) is 0 Å². The van der Waals surface area contributed by atoms with Gasteiger partial charge < -0.3 is 25.5 Å². The van der Waals surface area contributed by atoms with E-state index < -0.39 is 24.5 Å². The van der Waals surface area contributed by atoms with E-state index in [1.807, 2.05) is 0 Å². The zero-order valence-electron chi connectivity index (χ0n) is 19.8. The number of aromatic amines is 1. The number of halogens is 2. The number of H-pyrrole nitrogens is 1. The lowest BCUT2D eigenvalue weighted by Crippen LogP contribution is -2.24. The molecule has 0 saturated carbocycles. The lowest BCUT2D eigenvalue weighted by molar-refractivity contribution is -0.342. The molecule has 1 unspecified atom stereocenters. The van der Waals surface area contributed by atoms with Gasteiger partial charge in [-0.15, -0.1) is 0 Å². The fourth-order valence-electron chi connectivity index (χ4n) is 3.10. The van der Waals surface area contributed by atoms with E-state index in [2.05, 4.69) is 15.6 Å². The fourth-order valence-corrected chi connectivity index (χ4v) is 3.10. The highest BCUT2D eigenvalue weighted by Crippen LogP contribution is 2.24. The minimum Gasteiger partial charge on any atom is -0.550 e. The zero-order chi connectivity index (χ0) is 27.4. The number of pyridine rings is 1. The second kappa shape index (κ2) is 14.0. The van der Waals surface area contributed by atoms with Crippen LogP contribution in [0.25, 0.3) is 0 Å². The molecule has 12 heteroatoms. The lowest BCUT2D eigenvalue weighted by atomic mass is 9.98. The summed E-state index contributed by atoms with van der Waals surface area (Å²) < 4.78 is 31.5. The van der Waals surface area contributed by atoms with Crippen LogP contribution < -0.4 is 26.5 Å². The van der Waals surface area contributed by atoms with Gasteiger partial charge in [0.25, 0.3) is 0 Å². The van der Waals surface area contributed by atoms with Crippen LogP contribution in [0.5, 0.6) is 0 Å². The third kappa shape index (κ3) is 10.2. The summed E-state index contributed by atoms with van der Waals surface area (Å²) in [5.74, 6) is -2.74. The number of aliphatic carboxylic acids is 2. The van der Waals surface area contributed by atoms with E-state index in [0.717, 1.165) is 11.1 Å². The molecule has 3 rings (SSSR count). The summed E-state index contributed by atoms with van der Waals surface area (Å²) in [6.07, 6.45) is -0.985. The van der Waals surface area contributed by atoms with Crippen molar-refractivity contribution in [3.8, 4) is 0 Å². The molecule has 0 aliphatic carbocycles. The Hall–Kier alpha value is -4.74. The SMILES string of the molecule is CCOC(=O)Nc1ccc(NC(Cc2ccc(F)cc2)c2ccc(F)cc2)[nH+]c1N.O=C([O-])CC(=O)O. The summed E-state index contributed by atoms with van der Waals surface area (Å²) in [4.78, 5) is 33.3. The van der Waals surface area contributed by atoms with Crippen LogP contribution in [0.1, 0.15) is 30.5 Å². The number of carboxylic acids is 2. The molecule has 3 aromatic rings. The number of carboxylic acid groups (broad SMARTS) is 2. The van der Waals surface area contributed by atoms with Crippen LogP contribution in [0.15, 0.2) is 60.7 Å². The van der Waals surface area contributed by atoms with Gasteiger partial charge in [0.2, 0.25) is 11.6 Å². The van der Waals surface area contributed by atoms with Gasteiger partial charge in [-0.05, 0) is 48.4 Å². The molecule has 6 N–H and O–H groups in total. The van der Waals surface area contributed by atoms with Crippen LogP contribution in [0, 0.1) is 11.6 Å². The van der Waals surface area contributed by atoms with Gasteiger partial charge in [-0.2, -0.15) is 0 Å². The molecule has 0 aliphatic rings. The molecule has 10 nitrogen and oxygen atoms in total. The Morgan fingerprint density at radius 1 is 1.03 bits per heavy atom. The number of anilines is 3. The number of hydrogen-bond acceptors (Lipinski definition) is 7. The topological polar surface area (TPSA) is 168 Å². The summed E-state index contributed by atoms with van der Waals surface area (Å²) in [7, 11) is 0. The van der Waals surface area contributed by atoms with Crippen molar-refractivity contribution >= 4 is 35.4 Å². The number of nitrogen functional groups attached to an aromatic ring is 1. The average Bonchev–Trinajstić information content (AvgIpc) is 2.82. The second-order valence-electron chi connectivity index (χ2n) is 7.57. The highest BCUT2D eigenvalue weighted by Gasteiger charge is 2.18. The molecule has 2 aromatic carbocycles. The van der Waals surface area contributed by atoms with Gasteiger partial charge in [0, 0.05) is 12.5 Å². The van der Waals surface area contributed by atoms with E-state index >= 15 is 0 Å². The molecule has 1 amide bonds. The number of nitrogens with two attached hydrogens (primary N) is 1. The first kappa shape index (κ1) is 28.5. The van der Waals surface area contributed by atoms with Crippen LogP contribution in [-0.4, -0.2) is 29.7 Å². The van der Waals surface area contributed by atoms with E-state index in [9.17, 15) is 28.3 Å². The second-order valence-corrected chi connectivity index (χ2v) is 7.57. The Morgan fingerprint density at radius 3 is 2.11 bits per heavy atom. The number of hydrogen-bond donors (Lipinski definition) is 4. The van der Waals surface area contributed by atoms with Crippen molar-refractivity contribution < 1.29 is 43.1 Å². The third-order valence-corrected chi connectivity index (χ3v) is 4.74. The average molecular weight is 517 g/mol. The molecule has 37 heavy (non-hydrogen) atoms. The maximum atomic E-state index is 13.4. The maximum absolute atomic E-state index is 13.4. The zero-order valence-corrected chi connectivity index (χ0v) is 19.8. The predicted octanol–water partition coefficient (Wildman–Crippen LogP) is 2.54. The summed E-state index contributed by atoms with van der Waals surface area (Å²) in [5, 5.41) is 22.9. The Balaban J connectivity index is 0.000000604. The molecule has 1 aromatic heterocycles. The number of carbonyl (C=O) groups excluding carboxylic acids is 2. The number of ether oxygens (including phenoxy) is 1. The van der Waals surface area contributed by atoms with Crippen molar-refractivity contribution in [2.24, 2.45) is 0 Å². The summed E-state index contributed by atoms with van der Waals surface area (Å²) in [6, 6.07) is 15.5. The van der Waals surface area contributed by atoms with Crippen molar-refractivity contribution in [3.63, 3.8) is 0 Å². The molecule has 0 bridgehead atoms. The Labute approximate surface area is 211 Å². The predicted molar refractivity (Wildman–Crippen MR) is 128 cm³/mol. The minimum atomic E-state index is -1.56. The normalized spacial score (nSPS) is 10.9. The number of carbonyl (C=O) groups is 3. The summed E-state index contributed by atoms with van der Waals surface area (Å²) in [6.45, 7) is 1.95. The Morgan fingerprint density at radius 2 is 1.62 bits per heavy atom. The maximum Gasteiger partial charge on any atom is 0.411 e. The minimum absolute atomic E-state index is 0.240. The van der Waals surface area contributed by atoms with Crippen molar-refractivity contribution in [2.45, 2.75) is 25.8 Å². The number of rotatable bonds is 9. The highest BCUT2D eigenvalue weighted by atomic mass is 19.1. The molecule has 0 radical (unpaired) electrons. The molecule has 0 aliphatic heterocycles. The van der Waals surface area contributed by atoms with E-state index in [0.29, 0.717) is 17.9 Å². The van der Waals surface area contributed by atoms with E-state index in [4.69, 9.17) is 15.6 Å². The van der Waals surface area contributed by atoms with Gasteiger partial charge in [-0.3, -0.25) is 15.4 Å². The van der Waals surface area contributed by atoms with Gasteiger partial charge in [0.05, 0.1) is 19.0 Å². The molecule has 1 heterocycles. The van der Waals surface area contributed by atoms with Gasteiger partial charge in [-0.25, -0.2) is 18.6 Å². The van der Waals surface area contributed by atoms with Gasteiger partial charge in [-0.1, -0.05) is 24.3 Å². The molecular formula is C25H26F2N4O6. The fraction of sp³-hybridized carbons (Fsp3) is 0.200. The largest absolute Gasteiger partial charge is 0.550 e. The summed E-state index contributed by atoms with van der Waals surface area (Å²) in [5.41, 5.74) is 8.15. The van der Waals surface area contributed by atoms with Crippen molar-refractivity contribution in [1.82, 2.24) is 0 Å². The molecular weight excluding hydrogens is 490 g/mol. The molecule has 0 fully saturated rings. The number of benzene rings is 2. The molecule has 196 valence electrons. The smallest absolute Gasteiger partial charge is 0.411 e.